The zero-order valence-corrected chi connectivity index (χ0v) is 16.6. The number of carbonyl (C=O) groups is 1. The molecule has 0 bridgehead atoms. The lowest BCUT2D eigenvalue weighted by molar-refractivity contribution is -0.128. The van der Waals surface area contributed by atoms with Crippen LogP contribution in [-0.2, 0) is 11.2 Å². The van der Waals surface area contributed by atoms with Gasteiger partial charge in [0.05, 0.1) is 0 Å². The summed E-state index contributed by atoms with van der Waals surface area (Å²) in [6, 6.07) is 21.1. The zero-order valence-electron chi connectivity index (χ0n) is 15.8. The van der Waals surface area contributed by atoms with Crippen molar-refractivity contribution >= 4 is 17.3 Å². The molecular formula is C24H24O2S. The lowest BCUT2D eigenvalue weighted by Gasteiger charge is -2.05. The molecule has 27 heavy (non-hydrogen) atoms. The number of hydrogen-bond acceptors (Lipinski definition) is 3. The second-order valence-corrected chi connectivity index (χ2v) is 7.42. The second kappa shape index (κ2) is 9.33. The van der Waals surface area contributed by atoms with Crippen LogP contribution in [0, 0.1) is 0 Å². The third kappa shape index (κ3) is 5.18. The van der Waals surface area contributed by atoms with Crippen LogP contribution in [0.25, 0.3) is 21.6 Å². The van der Waals surface area contributed by atoms with E-state index in [0.29, 0.717) is 5.06 Å². The topological polar surface area (TPSA) is 26.3 Å². The lowest BCUT2D eigenvalue weighted by Crippen LogP contribution is -2.01. The van der Waals surface area contributed by atoms with Crippen molar-refractivity contribution in [1.29, 1.82) is 0 Å². The van der Waals surface area contributed by atoms with Crippen molar-refractivity contribution < 1.29 is 9.53 Å². The van der Waals surface area contributed by atoms with Crippen molar-refractivity contribution in [1.82, 2.24) is 0 Å². The molecule has 0 unspecified atom stereocenters. The molecule has 3 aromatic rings. The molecule has 0 aliphatic carbocycles. The van der Waals surface area contributed by atoms with Gasteiger partial charge in [0.1, 0.15) is 0 Å². The maximum atomic E-state index is 11.7. The van der Waals surface area contributed by atoms with Gasteiger partial charge < -0.3 is 4.74 Å². The number of benzene rings is 2. The first-order chi connectivity index (χ1) is 13.2. The van der Waals surface area contributed by atoms with Gasteiger partial charge in [0, 0.05) is 11.0 Å². The van der Waals surface area contributed by atoms with E-state index in [0.717, 1.165) is 23.3 Å². The average Bonchev–Trinajstić information content (AvgIpc) is 3.16. The zero-order chi connectivity index (χ0) is 19.1. The van der Waals surface area contributed by atoms with Gasteiger partial charge in [0.2, 0.25) is 0 Å². The lowest BCUT2D eigenvalue weighted by atomic mass is 10.0. The van der Waals surface area contributed by atoms with Crippen LogP contribution in [0.2, 0.25) is 0 Å². The molecular weight excluding hydrogens is 352 g/mol. The Morgan fingerprint density at radius 3 is 2.15 bits per heavy atom. The number of rotatable bonds is 7. The Morgan fingerprint density at radius 2 is 1.52 bits per heavy atom. The quantitative estimate of drug-likeness (QED) is 0.331. The van der Waals surface area contributed by atoms with E-state index in [1.54, 1.807) is 6.08 Å². The van der Waals surface area contributed by atoms with Gasteiger partial charge in [-0.2, -0.15) is 0 Å². The number of thiophene rings is 1. The Kier molecular flexibility index (Phi) is 6.61. The van der Waals surface area contributed by atoms with E-state index in [1.807, 2.05) is 19.1 Å². The van der Waals surface area contributed by atoms with Crippen molar-refractivity contribution in [2.75, 3.05) is 0 Å². The molecule has 2 nitrogen and oxygen atoms in total. The Morgan fingerprint density at radius 1 is 0.889 bits per heavy atom. The smallest absolute Gasteiger partial charge is 0.336 e. The minimum absolute atomic E-state index is 0.327. The summed E-state index contributed by atoms with van der Waals surface area (Å²) in [5, 5.41) is 0.617. The van der Waals surface area contributed by atoms with Gasteiger partial charge in [-0.05, 0) is 47.2 Å². The first kappa shape index (κ1) is 19.1. The molecule has 3 rings (SSSR count). The summed E-state index contributed by atoms with van der Waals surface area (Å²) < 4.78 is 5.34. The van der Waals surface area contributed by atoms with E-state index in [9.17, 15) is 4.79 Å². The molecule has 138 valence electrons. The predicted octanol–water partition coefficient (Wildman–Crippen LogP) is 6.91. The molecule has 0 radical (unpaired) electrons. The van der Waals surface area contributed by atoms with Gasteiger partial charge in [0.15, 0.2) is 5.06 Å². The number of esters is 1. The first-order valence-corrected chi connectivity index (χ1v) is 10.2. The van der Waals surface area contributed by atoms with Crippen LogP contribution in [0.1, 0.15) is 32.3 Å². The minimum atomic E-state index is -0.327. The van der Waals surface area contributed by atoms with Crippen LogP contribution in [-0.4, -0.2) is 5.97 Å². The van der Waals surface area contributed by atoms with Crippen molar-refractivity contribution in [3.8, 4) is 26.6 Å². The largest absolute Gasteiger partial charge is 0.412 e. The van der Waals surface area contributed by atoms with Crippen molar-refractivity contribution in [3.63, 3.8) is 0 Å². The van der Waals surface area contributed by atoms with E-state index in [-0.39, 0.29) is 5.97 Å². The van der Waals surface area contributed by atoms with Crippen LogP contribution < -0.4 is 4.74 Å². The van der Waals surface area contributed by atoms with Gasteiger partial charge >= 0.3 is 5.97 Å². The molecule has 0 spiro atoms. The second-order valence-electron chi connectivity index (χ2n) is 6.37. The molecule has 2 aromatic carbocycles. The number of allylic oxidation sites excluding steroid dienone is 1. The molecule has 3 heteroatoms. The Hall–Kier alpha value is -2.65. The van der Waals surface area contributed by atoms with E-state index in [4.69, 9.17) is 4.74 Å². The highest BCUT2D eigenvalue weighted by molar-refractivity contribution is 7.17. The molecule has 0 saturated carbocycles. The fourth-order valence-corrected chi connectivity index (χ4v) is 3.72. The SMILES string of the molecule is CCC=CC(=O)Oc1ccc(-c2ccc(-c3ccc(CCC)cc3)cc2)s1. The standard InChI is InChI=1S/C24H24O2S/c1-3-5-7-23(25)26-24-17-16-22(27-24)21-14-12-20(13-15-21)19-10-8-18(6-4-2)9-11-19/h5,7-17H,3-4,6H2,1-2H3. The fraction of sp³-hybridized carbons (Fsp3) is 0.208. The Balaban J connectivity index is 1.70. The summed E-state index contributed by atoms with van der Waals surface area (Å²) in [7, 11) is 0. The van der Waals surface area contributed by atoms with Crippen LogP contribution in [0.3, 0.4) is 0 Å². The highest BCUT2D eigenvalue weighted by Gasteiger charge is 2.07. The predicted molar refractivity (Wildman–Crippen MR) is 114 cm³/mol. The molecule has 1 heterocycles. The number of hydrogen-bond donors (Lipinski definition) is 0. The van der Waals surface area contributed by atoms with E-state index in [2.05, 4.69) is 55.5 Å². The molecule has 0 fully saturated rings. The molecule has 0 aliphatic heterocycles. The van der Waals surface area contributed by atoms with Crippen LogP contribution in [0.4, 0.5) is 0 Å². The summed E-state index contributed by atoms with van der Waals surface area (Å²) in [6.45, 7) is 4.18. The number of ether oxygens (including phenoxy) is 1. The Bertz CT molecular complexity index is 902. The minimum Gasteiger partial charge on any atom is -0.412 e. The van der Waals surface area contributed by atoms with E-state index >= 15 is 0 Å². The maximum Gasteiger partial charge on any atom is 0.336 e. The molecule has 1 aromatic heterocycles. The van der Waals surface area contributed by atoms with E-state index in [1.165, 1.54) is 40.5 Å². The van der Waals surface area contributed by atoms with Gasteiger partial charge in [-0.3, -0.25) is 0 Å². The average molecular weight is 377 g/mol. The monoisotopic (exact) mass is 376 g/mol. The summed E-state index contributed by atoms with van der Waals surface area (Å²) in [4.78, 5) is 12.8. The van der Waals surface area contributed by atoms with Gasteiger partial charge in [-0.1, -0.05) is 86.2 Å². The fourth-order valence-electron chi connectivity index (χ4n) is 2.86. The third-order valence-corrected chi connectivity index (χ3v) is 5.28. The number of aryl methyl sites for hydroxylation is 1. The van der Waals surface area contributed by atoms with Crippen LogP contribution in [0.5, 0.6) is 5.06 Å². The molecule has 0 N–H and O–H groups in total. The van der Waals surface area contributed by atoms with Gasteiger partial charge in [0.25, 0.3) is 0 Å². The summed E-state index contributed by atoms with van der Waals surface area (Å²) in [5.41, 5.74) is 4.93. The maximum absolute atomic E-state index is 11.7. The van der Waals surface area contributed by atoms with Crippen LogP contribution >= 0.6 is 11.3 Å². The molecule has 0 aliphatic rings. The normalized spacial score (nSPS) is 11.0. The summed E-state index contributed by atoms with van der Waals surface area (Å²) in [6.07, 6.45) is 6.38. The van der Waals surface area contributed by atoms with Crippen molar-refractivity contribution in [2.24, 2.45) is 0 Å². The van der Waals surface area contributed by atoms with Crippen molar-refractivity contribution in [3.05, 3.63) is 78.4 Å². The van der Waals surface area contributed by atoms with E-state index < -0.39 is 0 Å². The van der Waals surface area contributed by atoms with Gasteiger partial charge in [-0.15, -0.1) is 0 Å². The van der Waals surface area contributed by atoms with Crippen LogP contribution in [0.15, 0.2) is 72.8 Å². The third-order valence-electron chi connectivity index (χ3n) is 4.27. The first-order valence-electron chi connectivity index (χ1n) is 9.37. The van der Waals surface area contributed by atoms with Gasteiger partial charge in [-0.25, -0.2) is 4.79 Å². The summed E-state index contributed by atoms with van der Waals surface area (Å²) in [5.74, 6) is -0.327. The molecule has 0 atom stereocenters. The highest BCUT2D eigenvalue weighted by Crippen LogP contribution is 2.34. The highest BCUT2D eigenvalue weighted by atomic mass is 32.1. The molecule has 0 saturated heterocycles. The number of carbonyl (C=O) groups excluding carboxylic acids is 1. The molecule has 0 amide bonds. The summed E-state index contributed by atoms with van der Waals surface area (Å²) >= 11 is 1.48. The van der Waals surface area contributed by atoms with Crippen molar-refractivity contribution in [2.45, 2.75) is 33.1 Å². The Labute approximate surface area is 165 Å².